The smallest absolute Gasteiger partial charge is 0.274 e. The molecule has 1 N–H and O–H groups in total. The van der Waals surface area contributed by atoms with Crippen LogP contribution in [0.15, 0.2) is 23.1 Å². The fraction of sp³-hybridized carbons (Fsp3) is 0.455. The molecule has 0 fully saturated rings. The maximum atomic E-state index is 12.0. The third-order valence-corrected chi connectivity index (χ3v) is 2.31. The summed E-state index contributed by atoms with van der Waals surface area (Å²) in [5, 5.41) is 2.47. The van der Waals surface area contributed by atoms with E-state index in [1.807, 2.05) is 20.8 Å². The van der Waals surface area contributed by atoms with Gasteiger partial charge in [0.2, 0.25) is 5.91 Å². The lowest BCUT2D eigenvalue weighted by Gasteiger charge is -2.22. The number of nitrogens with zero attached hydrogens (tertiary/aromatic N) is 1. The average Bonchev–Trinajstić information content (AvgIpc) is 2.19. The van der Waals surface area contributed by atoms with Crippen LogP contribution in [0.4, 0.5) is 5.69 Å². The number of rotatable bonds is 2. The minimum absolute atomic E-state index is 0.163. The molecule has 1 heterocycles. The highest BCUT2D eigenvalue weighted by Gasteiger charge is 2.16. The van der Waals surface area contributed by atoms with Gasteiger partial charge in [-0.15, -0.1) is 11.6 Å². The summed E-state index contributed by atoms with van der Waals surface area (Å²) in [7, 11) is 0. The van der Waals surface area contributed by atoms with Crippen molar-refractivity contribution in [1.82, 2.24) is 4.57 Å². The number of anilines is 1. The minimum Gasteiger partial charge on any atom is -0.320 e. The first kappa shape index (κ1) is 12.8. The Bertz CT molecular complexity index is 446. The van der Waals surface area contributed by atoms with Crippen molar-refractivity contribution in [2.24, 2.45) is 0 Å². The number of carbonyl (C=O) groups is 1. The highest BCUT2D eigenvalue weighted by molar-refractivity contribution is 6.29. The second-order valence-corrected chi connectivity index (χ2v) is 4.72. The quantitative estimate of drug-likeness (QED) is 0.804. The first-order valence-electron chi connectivity index (χ1n) is 4.94. The summed E-state index contributed by atoms with van der Waals surface area (Å²) in [6.07, 6.45) is 1.69. The van der Waals surface area contributed by atoms with E-state index in [1.54, 1.807) is 22.9 Å². The van der Waals surface area contributed by atoms with Crippen LogP contribution in [0.1, 0.15) is 20.8 Å². The van der Waals surface area contributed by atoms with Gasteiger partial charge < -0.3 is 9.88 Å². The second-order valence-electron chi connectivity index (χ2n) is 4.45. The molecule has 0 aliphatic carbocycles. The van der Waals surface area contributed by atoms with Crippen LogP contribution in [-0.2, 0) is 10.3 Å². The van der Waals surface area contributed by atoms with Crippen molar-refractivity contribution in [3.8, 4) is 0 Å². The highest BCUT2D eigenvalue weighted by atomic mass is 35.5. The average molecular weight is 243 g/mol. The molecule has 1 rings (SSSR count). The zero-order chi connectivity index (χ0) is 12.3. The Morgan fingerprint density at radius 1 is 1.50 bits per heavy atom. The van der Waals surface area contributed by atoms with Crippen molar-refractivity contribution in [2.75, 3.05) is 11.2 Å². The molecule has 0 aromatic carbocycles. The van der Waals surface area contributed by atoms with Gasteiger partial charge in [-0.2, -0.15) is 0 Å². The number of aromatic nitrogens is 1. The Hall–Kier alpha value is -1.29. The van der Waals surface area contributed by atoms with Crippen molar-refractivity contribution < 1.29 is 4.79 Å². The lowest BCUT2D eigenvalue weighted by atomic mass is 10.1. The molecule has 1 amide bonds. The summed E-state index contributed by atoms with van der Waals surface area (Å²) in [6.45, 7) is 5.75. The predicted molar refractivity (Wildman–Crippen MR) is 65.0 cm³/mol. The van der Waals surface area contributed by atoms with Crippen LogP contribution in [0.2, 0.25) is 0 Å². The summed E-state index contributed by atoms with van der Waals surface area (Å²) in [5.41, 5.74) is -0.296. The number of pyridine rings is 1. The third kappa shape index (κ3) is 2.85. The Morgan fingerprint density at radius 2 is 2.12 bits per heavy atom. The maximum Gasteiger partial charge on any atom is 0.274 e. The van der Waals surface area contributed by atoms with Gasteiger partial charge in [-0.25, -0.2) is 0 Å². The van der Waals surface area contributed by atoms with Crippen molar-refractivity contribution in [2.45, 2.75) is 26.3 Å². The van der Waals surface area contributed by atoms with Crippen molar-refractivity contribution >= 4 is 23.2 Å². The molecule has 0 saturated carbocycles. The van der Waals surface area contributed by atoms with E-state index in [9.17, 15) is 9.59 Å². The summed E-state index contributed by atoms with van der Waals surface area (Å²) < 4.78 is 1.57. The number of hydrogen-bond donors (Lipinski definition) is 1. The van der Waals surface area contributed by atoms with Crippen molar-refractivity contribution in [3.05, 3.63) is 28.7 Å². The lowest BCUT2D eigenvalue weighted by Crippen LogP contribution is -2.35. The van der Waals surface area contributed by atoms with Crippen LogP contribution < -0.4 is 10.9 Å². The maximum absolute atomic E-state index is 12.0. The SMILES string of the molecule is CC(C)(C)n1cccc(NC(=O)CCl)c1=O. The first-order chi connectivity index (χ1) is 7.36. The molecule has 0 aliphatic rings. The van der Waals surface area contributed by atoms with E-state index in [0.29, 0.717) is 0 Å². The predicted octanol–water partition coefficient (Wildman–Crippen LogP) is 1.78. The molecule has 0 radical (unpaired) electrons. The van der Waals surface area contributed by atoms with Gasteiger partial charge in [0.1, 0.15) is 11.6 Å². The van der Waals surface area contributed by atoms with Gasteiger partial charge in [-0.1, -0.05) is 0 Å². The van der Waals surface area contributed by atoms with E-state index in [-0.39, 0.29) is 28.6 Å². The van der Waals surface area contributed by atoms with E-state index in [1.165, 1.54) is 0 Å². The summed E-state index contributed by atoms with van der Waals surface area (Å²) in [5.74, 6) is -0.547. The molecular weight excluding hydrogens is 228 g/mol. The molecular formula is C11H15ClN2O2. The van der Waals surface area contributed by atoms with E-state index in [4.69, 9.17) is 11.6 Å². The number of alkyl halides is 1. The summed E-state index contributed by atoms with van der Waals surface area (Å²) in [4.78, 5) is 23.1. The fourth-order valence-corrected chi connectivity index (χ4v) is 1.37. The van der Waals surface area contributed by atoms with Crippen LogP contribution in [-0.4, -0.2) is 16.4 Å². The van der Waals surface area contributed by atoms with Crippen molar-refractivity contribution in [3.63, 3.8) is 0 Å². The molecule has 0 bridgehead atoms. The van der Waals surface area contributed by atoms with Crippen LogP contribution in [0.25, 0.3) is 0 Å². The lowest BCUT2D eigenvalue weighted by molar-refractivity contribution is -0.113. The molecule has 5 heteroatoms. The topological polar surface area (TPSA) is 51.1 Å². The third-order valence-electron chi connectivity index (χ3n) is 2.07. The summed E-state index contributed by atoms with van der Waals surface area (Å²) >= 11 is 5.36. The molecule has 0 saturated heterocycles. The van der Waals surface area contributed by atoms with Gasteiger partial charge in [-0.3, -0.25) is 9.59 Å². The van der Waals surface area contributed by atoms with Gasteiger partial charge in [-0.05, 0) is 32.9 Å². The zero-order valence-corrected chi connectivity index (χ0v) is 10.3. The highest BCUT2D eigenvalue weighted by Crippen LogP contribution is 2.11. The van der Waals surface area contributed by atoms with Crippen LogP contribution in [0.5, 0.6) is 0 Å². The Labute approximate surface area is 99.2 Å². The molecule has 0 unspecified atom stereocenters. The van der Waals surface area contributed by atoms with Gasteiger partial charge in [0.15, 0.2) is 0 Å². The number of amides is 1. The normalized spacial score (nSPS) is 11.2. The Kier molecular flexibility index (Phi) is 3.75. The monoisotopic (exact) mass is 242 g/mol. The molecule has 0 atom stereocenters. The van der Waals surface area contributed by atoms with E-state index in [0.717, 1.165) is 0 Å². The van der Waals surface area contributed by atoms with Gasteiger partial charge in [0.25, 0.3) is 5.56 Å². The molecule has 16 heavy (non-hydrogen) atoms. The van der Waals surface area contributed by atoms with Gasteiger partial charge >= 0.3 is 0 Å². The molecule has 0 spiro atoms. The van der Waals surface area contributed by atoms with E-state index in [2.05, 4.69) is 5.32 Å². The number of nitrogens with one attached hydrogen (secondary N) is 1. The number of halogens is 1. The first-order valence-corrected chi connectivity index (χ1v) is 5.47. The number of carbonyl (C=O) groups excluding carboxylic acids is 1. The largest absolute Gasteiger partial charge is 0.320 e. The zero-order valence-electron chi connectivity index (χ0n) is 9.58. The van der Waals surface area contributed by atoms with Gasteiger partial charge in [0.05, 0.1) is 0 Å². The standard InChI is InChI=1S/C11H15ClN2O2/c1-11(2,3)14-6-4-5-8(10(14)16)13-9(15)7-12/h4-6H,7H2,1-3H3,(H,13,15). The Balaban J connectivity index is 3.15. The van der Waals surface area contributed by atoms with Crippen LogP contribution in [0.3, 0.4) is 0 Å². The molecule has 4 nitrogen and oxygen atoms in total. The van der Waals surface area contributed by atoms with E-state index < -0.39 is 0 Å². The molecule has 88 valence electrons. The van der Waals surface area contributed by atoms with E-state index >= 15 is 0 Å². The molecule has 1 aromatic heterocycles. The van der Waals surface area contributed by atoms with Crippen LogP contribution >= 0.6 is 11.6 Å². The van der Waals surface area contributed by atoms with Gasteiger partial charge in [0, 0.05) is 11.7 Å². The van der Waals surface area contributed by atoms with Crippen LogP contribution in [0, 0.1) is 0 Å². The molecule has 1 aromatic rings. The number of hydrogen-bond acceptors (Lipinski definition) is 2. The second kappa shape index (κ2) is 4.70. The minimum atomic E-state index is -0.384. The fourth-order valence-electron chi connectivity index (χ4n) is 1.30. The molecule has 0 aliphatic heterocycles. The Morgan fingerprint density at radius 3 is 2.62 bits per heavy atom. The summed E-state index contributed by atoms with van der Waals surface area (Å²) in [6, 6.07) is 3.28. The van der Waals surface area contributed by atoms with Crippen molar-refractivity contribution in [1.29, 1.82) is 0 Å².